The van der Waals surface area contributed by atoms with E-state index in [9.17, 15) is 4.79 Å². The number of rotatable bonds is 3. The van der Waals surface area contributed by atoms with Crippen LogP contribution in [0.5, 0.6) is 0 Å². The number of amidine groups is 1. The quantitative estimate of drug-likeness (QED) is 0.349. The molecular weight excluding hydrogens is 230 g/mol. The highest BCUT2D eigenvalue weighted by molar-refractivity contribution is 5.90. The van der Waals surface area contributed by atoms with E-state index in [-0.39, 0.29) is 29.1 Å². The maximum Gasteiger partial charge on any atom is 0.226 e. The molecule has 3 N–H and O–H groups in total. The second-order valence-electron chi connectivity index (χ2n) is 5.94. The first-order chi connectivity index (χ1) is 8.31. The van der Waals surface area contributed by atoms with E-state index in [0.29, 0.717) is 0 Å². The predicted molar refractivity (Wildman–Crippen MR) is 71.4 cm³/mol. The van der Waals surface area contributed by atoms with Crippen LogP contribution in [0.15, 0.2) is 5.16 Å². The van der Waals surface area contributed by atoms with Crippen LogP contribution in [0.4, 0.5) is 0 Å². The molecule has 104 valence electrons. The molecule has 1 aliphatic rings. The molecular formula is C13H25N3O2. The summed E-state index contributed by atoms with van der Waals surface area (Å²) in [5.74, 6) is 0.198. The lowest BCUT2D eigenvalue weighted by molar-refractivity contribution is -0.140. The zero-order valence-corrected chi connectivity index (χ0v) is 11.8. The zero-order chi connectivity index (χ0) is 13.9. The van der Waals surface area contributed by atoms with Gasteiger partial charge in [-0.2, -0.15) is 0 Å². The molecule has 0 spiro atoms. The monoisotopic (exact) mass is 255 g/mol. The number of amides is 1. The van der Waals surface area contributed by atoms with E-state index in [2.05, 4.69) is 19.0 Å². The van der Waals surface area contributed by atoms with Gasteiger partial charge in [-0.05, 0) is 25.2 Å². The molecule has 1 amide bonds. The molecule has 1 fully saturated rings. The van der Waals surface area contributed by atoms with E-state index in [4.69, 9.17) is 10.9 Å². The first kappa shape index (κ1) is 14.8. The maximum atomic E-state index is 12.5. The predicted octanol–water partition coefficient (Wildman–Crippen LogP) is 1.80. The Balaban J connectivity index is 2.80. The topological polar surface area (TPSA) is 78.9 Å². The summed E-state index contributed by atoms with van der Waals surface area (Å²) in [6, 6.07) is -0.375. The van der Waals surface area contributed by atoms with Gasteiger partial charge in [0.1, 0.15) is 0 Å². The van der Waals surface area contributed by atoms with Crippen molar-refractivity contribution >= 4 is 11.7 Å². The van der Waals surface area contributed by atoms with Crippen LogP contribution in [0.25, 0.3) is 0 Å². The molecule has 2 unspecified atom stereocenters. The fraction of sp³-hybridized carbons (Fsp3) is 0.846. The van der Waals surface area contributed by atoms with Gasteiger partial charge in [-0.1, -0.05) is 31.8 Å². The van der Waals surface area contributed by atoms with Gasteiger partial charge in [0.05, 0.1) is 6.04 Å². The summed E-state index contributed by atoms with van der Waals surface area (Å²) in [6.45, 7) is 6.07. The largest absolute Gasteiger partial charge is 0.409 e. The van der Waals surface area contributed by atoms with E-state index in [0.717, 1.165) is 19.3 Å². The number of carbonyl (C=O) groups excluding carboxylic acids is 1. The van der Waals surface area contributed by atoms with E-state index in [1.807, 2.05) is 0 Å². The van der Waals surface area contributed by atoms with Crippen molar-refractivity contribution in [2.45, 2.75) is 52.5 Å². The van der Waals surface area contributed by atoms with Gasteiger partial charge in [-0.25, -0.2) is 0 Å². The minimum Gasteiger partial charge on any atom is -0.409 e. The third kappa shape index (κ3) is 2.94. The first-order valence-corrected chi connectivity index (χ1v) is 6.55. The molecule has 0 aliphatic heterocycles. The molecule has 0 aromatic rings. The number of hydrogen-bond donors (Lipinski definition) is 2. The average molecular weight is 255 g/mol. The van der Waals surface area contributed by atoms with Crippen LogP contribution < -0.4 is 5.73 Å². The molecule has 1 saturated carbocycles. The summed E-state index contributed by atoms with van der Waals surface area (Å²) in [6.07, 6.45) is 4.30. The van der Waals surface area contributed by atoms with Gasteiger partial charge in [-0.3, -0.25) is 4.79 Å². The van der Waals surface area contributed by atoms with Gasteiger partial charge in [-0.15, -0.1) is 0 Å². The van der Waals surface area contributed by atoms with Crippen LogP contribution in [0.3, 0.4) is 0 Å². The minimum atomic E-state index is -0.375. The Kier molecular flexibility index (Phi) is 4.59. The lowest BCUT2D eigenvalue weighted by Gasteiger charge is -2.40. The summed E-state index contributed by atoms with van der Waals surface area (Å²) in [4.78, 5) is 14.1. The van der Waals surface area contributed by atoms with E-state index in [1.54, 1.807) is 18.9 Å². The van der Waals surface area contributed by atoms with Crippen LogP contribution in [0.2, 0.25) is 0 Å². The Labute approximate surface area is 109 Å². The second-order valence-corrected chi connectivity index (χ2v) is 5.94. The van der Waals surface area contributed by atoms with E-state index >= 15 is 0 Å². The highest BCUT2D eigenvalue weighted by Crippen LogP contribution is 2.41. The number of oxime groups is 1. The van der Waals surface area contributed by atoms with Crippen molar-refractivity contribution in [2.24, 2.45) is 22.2 Å². The molecule has 5 heteroatoms. The number of likely N-dealkylation sites (N-methyl/N-ethyl adjacent to an activating group) is 1. The fourth-order valence-corrected chi connectivity index (χ4v) is 2.67. The smallest absolute Gasteiger partial charge is 0.226 e. The van der Waals surface area contributed by atoms with Crippen molar-refractivity contribution in [3.63, 3.8) is 0 Å². The molecule has 0 bridgehead atoms. The summed E-state index contributed by atoms with van der Waals surface area (Å²) < 4.78 is 0. The van der Waals surface area contributed by atoms with Gasteiger partial charge >= 0.3 is 0 Å². The Bertz CT molecular complexity index is 339. The van der Waals surface area contributed by atoms with Crippen LogP contribution in [0.1, 0.15) is 46.5 Å². The van der Waals surface area contributed by atoms with Crippen LogP contribution in [-0.4, -0.2) is 34.9 Å². The van der Waals surface area contributed by atoms with Crippen molar-refractivity contribution in [1.29, 1.82) is 0 Å². The normalized spacial score (nSPS) is 25.6. The Morgan fingerprint density at radius 1 is 1.50 bits per heavy atom. The molecule has 1 rings (SSSR count). The molecule has 0 aromatic heterocycles. The maximum absolute atomic E-state index is 12.5. The summed E-state index contributed by atoms with van der Waals surface area (Å²) in [5, 5.41) is 11.6. The third-order valence-corrected chi connectivity index (χ3v) is 4.28. The van der Waals surface area contributed by atoms with E-state index in [1.165, 1.54) is 6.42 Å². The SMILES string of the molecule is CC(C(N)=NO)N(C)C(=O)C1CCCCC1(C)C. The minimum absolute atomic E-state index is 0.0326. The highest BCUT2D eigenvalue weighted by atomic mass is 16.4. The van der Waals surface area contributed by atoms with Crippen molar-refractivity contribution in [1.82, 2.24) is 4.90 Å². The number of nitrogens with zero attached hydrogens (tertiary/aromatic N) is 2. The Morgan fingerprint density at radius 3 is 2.61 bits per heavy atom. The summed E-state index contributed by atoms with van der Waals surface area (Å²) in [7, 11) is 1.72. The van der Waals surface area contributed by atoms with Crippen LogP contribution in [0, 0.1) is 11.3 Å². The molecule has 2 atom stereocenters. The van der Waals surface area contributed by atoms with Crippen LogP contribution in [-0.2, 0) is 4.79 Å². The summed E-state index contributed by atoms with van der Waals surface area (Å²) >= 11 is 0. The van der Waals surface area contributed by atoms with Gasteiger partial charge in [0.2, 0.25) is 5.91 Å². The van der Waals surface area contributed by atoms with Gasteiger partial charge < -0.3 is 15.8 Å². The standard InChI is InChI=1S/C13H25N3O2/c1-9(11(14)15-18)16(4)12(17)10-7-5-6-8-13(10,2)3/h9-10,18H,5-8H2,1-4H3,(H2,14,15). The number of hydrogen-bond acceptors (Lipinski definition) is 3. The Morgan fingerprint density at radius 2 is 2.11 bits per heavy atom. The van der Waals surface area contributed by atoms with Gasteiger partial charge in [0, 0.05) is 13.0 Å². The van der Waals surface area contributed by atoms with Crippen molar-refractivity contribution < 1.29 is 10.0 Å². The molecule has 0 heterocycles. The number of nitrogens with two attached hydrogens (primary N) is 1. The first-order valence-electron chi connectivity index (χ1n) is 6.55. The third-order valence-electron chi connectivity index (χ3n) is 4.28. The second kappa shape index (κ2) is 5.59. The molecule has 0 saturated heterocycles. The molecule has 0 radical (unpaired) electrons. The van der Waals surface area contributed by atoms with Gasteiger partial charge in [0.15, 0.2) is 5.84 Å². The molecule has 5 nitrogen and oxygen atoms in total. The van der Waals surface area contributed by atoms with Gasteiger partial charge in [0.25, 0.3) is 0 Å². The van der Waals surface area contributed by atoms with Crippen molar-refractivity contribution in [3.8, 4) is 0 Å². The summed E-state index contributed by atoms with van der Waals surface area (Å²) in [5.41, 5.74) is 5.59. The van der Waals surface area contributed by atoms with Crippen molar-refractivity contribution in [2.75, 3.05) is 7.05 Å². The van der Waals surface area contributed by atoms with Crippen molar-refractivity contribution in [3.05, 3.63) is 0 Å². The Hall–Kier alpha value is -1.26. The zero-order valence-electron chi connectivity index (χ0n) is 11.8. The molecule has 18 heavy (non-hydrogen) atoms. The molecule has 0 aromatic carbocycles. The lowest BCUT2D eigenvalue weighted by Crippen LogP contribution is -2.49. The lowest BCUT2D eigenvalue weighted by atomic mass is 9.68. The van der Waals surface area contributed by atoms with Crippen LogP contribution >= 0.6 is 0 Å². The highest BCUT2D eigenvalue weighted by Gasteiger charge is 2.39. The van der Waals surface area contributed by atoms with E-state index < -0.39 is 0 Å². The number of carbonyl (C=O) groups is 1. The average Bonchev–Trinajstić information content (AvgIpc) is 2.34. The fourth-order valence-electron chi connectivity index (χ4n) is 2.67. The molecule has 1 aliphatic carbocycles.